The Morgan fingerprint density at radius 3 is 2.42 bits per heavy atom. The molecule has 0 aliphatic carbocycles. The quantitative estimate of drug-likeness (QED) is 0.267. The van der Waals surface area contributed by atoms with Gasteiger partial charge in [-0.1, -0.05) is 49.4 Å². The molecule has 6 heteroatoms. The lowest BCUT2D eigenvalue weighted by atomic mass is 10.1. The van der Waals surface area contributed by atoms with E-state index in [0.717, 1.165) is 17.5 Å². The molecular weight excluding hydrogens is 412 g/mol. The minimum atomic E-state index is -0.438. The van der Waals surface area contributed by atoms with Crippen molar-refractivity contribution in [3.05, 3.63) is 108 Å². The molecular formula is C27H22N4O2. The number of carbonyl (C=O) groups is 1. The summed E-state index contributed by atoms with van der Waals surface area (Å²) in [6.07, 6.45) is 6.10. The van der Waals surface area contributed by atoms with E-state index in [4.69, 9.17) is 9.72 Å². The van der Waals surface area contributed by atoms with Crippen molar-refractivity contribution in [1.82, 2.24) is 19.7 Å². The lowest BCUT2D eigenvalue weighted by molar-refractivity contribution is 0.0736. The molecule has 5 rings (SSSR count). The highest BCUT2D eigenvalue weighted by Gasteiger charge is 2.19. The number of fused-ring (bicyclic) bond motifs is 1. The summed E-state index contributed by atoms with van der Waals surface area (Å²) in [4.78, 5) is 22.2. The maximum absolute atomic E-state index is 13.2. The Morgan fingerprint density at radius 1 is 0.939 bits per heavy atom. The number of benzene rings is 2. The zero-order chi connectivity index (χ0) is 22.6. The molecule has 0 fully saturated rings. The van der Waals surface area contributed by atoms with Gasteiger partial charge in [-0.05, 0) is 47.9 Å². The van der Waals surface area contributed by atoms with Crippen LogP contribution in [0.1, 0.15) is 28.4 Å². The topological polar surface area (TPSA) is 69.9 Å². The van der Waals surface area contributed by atoms with Crippen LogP contribution in [0, 0.1) is 0 Å². The van der Waals surface area contributed by atoms with Crippen molar-refractivity contribution in [2.24, 2.45) is 0 Å². The number of pyridine rings is 2. The molecule has 5 aromatic rings. The van der Waals surface area contributed by atoms with E-state index in [1.54, 1.807) is 29.3 Å². The van der Waals surface area contributed by atoms with E-state index in [2.05, 4.69) is 17.0 Å². The highest BCUT2D eigenvalue weighted by atomic mass is 16.5. The number of hydrogen-bond donors (Lipinski definition) is 0. The molecule has 162 valence electrons. The lowest BCUT2D eigenvalue weighted by Gasteiger charge is -2.10. The van der Waals surface area contributed by atoms with Gasteiger partial charge in [0, 0.05) is 18.0 Å². The Balaban J connectivity index is 1.58. The van der Waals surface area contributed by atoms with E-state index in [1.807, 2.05) is 66.7 Å². The maximum Gasteiger partial charge on any atom is 0.344 e. The van der Waals surface area contributed by atoms with Crippen LogP contribution >= 0.6 is 0 Å². The average molecular weight is 434 g/mol. The molecule has 0 aliphatic rings. The largest absolute Gasteiger partial charge is 0.423 e. The molecule has 0 spiro atoms. The summed E-state index contributed by atoms with van der Waals surface area (Å²) in [7, 11) is 0. The van der Waals surface area contributed by atoms with Gasteiger partial charge in [0.15, 0.2) is 5.65 Å². The molecule has 33 heavy (non-hydrogen) atoms. The average Bonchev–Trinajstić information content (AvgIpc) is 3.27. The third-order valence-electron chi connectivity index (χ3n) is 5.52. The zero-order valence-corrected chi connectivity index (χ0v) is 18.2. The van der Waals surface area contributed by atoms with Crippen LogP contribution in [0.25, 0.3) is 22.3 Å². The minimum absolute atomic E-state index is 0.430. The molecule has 3 heterocycles. The normalized spacial score (nSPS) is 10.9. The molecule has 0 aliphatic heterocycles. The molecule has 0 N–H and O–H groups in total. The van der Waals surface area contributed by atoms with Crippen LogP contribution in [0.4, 0.5) is 0 Å². The third kappa shape index (κ3) is 4.36. The Morgan fingerprint density at radius 2 is 1.70 bits per heavy atom. The number of carbonyl (C=O) groups excluding carboxylic acids is 1. The van der Waals surface area contributed by atoms with E-state index in [0.29, 0.717) is 34.6 Å². The standard InChI is InChI=1S/C27H22N4O2/c1-2-19-8-10-22(11-9-19)33-27(32)23-16-25(21-6-4-3-5-7-21)30-26-24(23)17-29-31(26)18-20-12-14-28-15-13-20/h3-17H,2,18H2,1H3. The summed E-state index contributed by atoms with van der Waals surface area (Å²) in [6.45, 7) is 2.60. The molecule has 0 atom stereocenters. The van der Waals surface area contributed by atoms with Gasteiger partial charge in [0.25, 0.3) is 0 Å². The summed E-state index contributed by atoms with van der Waals surface area (Å²) in [6, 6.07) is 23.0. The van der Waals surface area contributed by atoms with Gasteiger partial charge in [0.2, 0.25) is 0 Å². The number of rotatable bonds is 6. The van der Waals surface area contributed by atoms with Gasteiger partial charge in [-0.15, -0.1) is 0 Å². The van der Waals surface area contributed by atoms with Crippen molar-refractivity contribution >= 4 is 17.0 Å². The molecule has 0 unspecified atom stereocenters. The predicted octanol–water partition coefficient (Wildman–Crippen LogP) is 5.32. The number of esters is 1. The van der Waals surface area contributed by atoms with Crippen molar-refractivity contribution in [2.45, 2.75) is 19.9 Å². The van der Waals surface area contributed by atoms with Gasteiger partial charge >= 0.3 is 5.97 Å². The van der Waals surface area contributed by atoms with Gasteiger partial charge < -0.3 is 4.74 Å². The number of nitrogens with zero attached hydrogens (tertiary/aromatic N) is 4. The fourth-order valence-electron chi connectivity index (χ4n) is 3.71. The van der Waals surface area contributed by atoms with Crippen LogP contribution in [0.2, 0.25) is 0 Å². The second-order valence-electron chi connectivity index (χ2n) is 7.70. The van der Waals surface area contributed by atoms with E-state index >= 15 is 0 Å². The zero-order valence-electron chi connectivity index (χ0n) is 18.2. The van der Waals surface area contributed by atoms with Crippen LogP contribution in [-0.2, 0) is 13.0 Å². The van der Waals surface area contributed by atoms with Crippen molar-refractivity contribution < 1.29 is 9.53 Å². The molecule has 3 aromatic heterocycles. The number of aromatic nitrogens is 4. The molecule has 0 amide bonds. The smallest absolute Gasteiger partial charge is 0.344 e. The number of ether oxygens (including phenoxy) is 1. The molecule has 0 saturated heterocycles. The molecule has 0 radical (unpaired) electrons. The van der Waals surface area contributed by atoms with Crippen LogP contribution in [-0.4, -0.2) is 25.7 Å². The Labute approximate surface area is 191 Å². The monoisotopic (exact) mass is 434 g/mol. The van der Waals surface area contributed by atoms with E-state index < -0.39 is 5.97 Å². The fraction of sp³-hybridized carbons (Fsp3) is 0.111. The van der Waals surface area contributed by atoms with E-state index in [9.17, 15) is 4.79 Å². The predicted molar refractivity (Wildman–Crippen MR) is 127 cm³/mol. The summed E-state index contributed by atoms with van der Waals surface area (Å²) in [5.41, 5.74) is 4.89. The fourth-order valence-corrected chi connectivity index (χ4v) is 3.71. The van der Waals surface area contributed by atoms with Gasteiger partial charge in [0.05, 0.1) is 29.4 Å². The first-order valence-electron chi connectivity index (χ1n) is 10.8. The van der Waals surface area contributed by atoms with Gasteiger partial charge in [-0.3, -0.25) is 4.98 Å². The maximum atomic E-state index is 13.2. The second-order valence-corrected chi connectivity index (χ2v) is 7.70. The first-order chi connectivity index (χ1) is 16.2. The second kappa shape index (κ2) is 9.04. The van der Waals surface area contributed by atoms with Crippen LogP contribution in [0.15, 0.2) is 91.4 Å². The van der Waals surface area contributed by atoms with Crippen molar-refractivity contribution in [1.29, 1.82) is 0 Å². The van der Waals surface area contributed by atoms with Gasteiger partial charge in [-0.2, -0.15) is 5.10 Å². The Bertz CT molecular complexity index is 1400. The van der Waals surface area contributed by atoms with E-state index in [1.165, 1.54) is 5.56 Å². The van der Waals surface area contributed by atoms with Crippen LogP contribution < -0.4 is 4.74 Å². The first-order valence-corrected chi connectivity index (χ1v) is 10.8. The summed E-state index contributed by atoms with van der Waals surface area (Å²) < 4.78 is 7.51. The highest BCUT2D eigenvalue weighted by Crippen LogP contribution is 2.26. The summed E-state index contributed by atoms with van der Waals surface area (Å²) in [5, 5.41) is 5.18. The van der Waals surface area contributed by atoms with Crippen LogP contribution in [0.5, 0.6) is 5.75 Å². The third-order valence-corrected chi connectivity index (χ3v) is 5.52. The van der Waals surface area contributed by atoms with Crippen molar-refractivity contribution in [2.75, 3.05) is 0 Å². The van der Waals surface area contributed by atoms with E-state index in [-0.39, 0.29) is 0 Å². The minimum Gasteiger partial charge on any atom is -0.423 e. The molecule has 2 aromatic carbocycles. The highest BCUT2D eigenvalue weighted by molar-refractivity contribution is 6.04. The molecule has 0 bridgehead atoms. The summed E-state index contributed by atoms with van der Waals surface area (Å²) >= 11 is 0. The molecule has 6 nitrogen and oxygen atoms in total. The van der Waals surface area contributed by atoms with Crippen molar-refractivity contribution in [3.8, 4) is 17.0 Å². The Kier molecular flexibility index (Phi) is 5.64. The number of aryl methyl sites for hydroxylation is 1. The SMILES string of the molecule is CCc1ccc(OC(=O)c2cc(-c3ccccc3)nc3c2cnn3Cc2ccncc2)cc1. The first kappa shape index (κ1) is 20.6. The van der Waals surface area contributed by atoms with Crippen molar-refractivity contribution in [3.63, 3.8) is 0 Å². The number of hydrogen-bond acceptors (Lipinski definition) is 5. The van der Waals surface area contributed by atoms with Crippen LogP contribution in [0.3, 0.4) is 0 Å². The lowest BCUT2D eigenvalue weighted by Crippen LogP contribution is -2.10. The summed E-state index contributed by atoms with van der Waals surface area (Å²) in [5.74, 6) is 0.0693. The van der Waals surface area contributed by atoms with Gasteiger partial charge in [-0.25, -0.2) is 14.5 Å². The Hall–Kier alpha value is -4.32. The molecule has 0 saturated carbocycles. The van der Waals surface area contributed by atoms with Gasteiger partial charge in [0.1, 0.15) is 5.75 Å².